The molecule has 2 saturated heterocycles. The molecule has 2 aromatic heterocycles. The van der Waals surface area contributed by atoms with E-state index in [-0.39, 0.29) is 36.3 Å². The van der Waals surface area contributed by atoms with Crippen LogP contribution in [0.25, 0.3) is 11.5 Å². The number of carbonyl (C=O) groups excluding carboxylic acids is 3. The van der Waals surface area contributed by atoms with E-state index < -0.39 is 17.5 Å². The summed E-state index contributed by atoms with van der Waals surface area (Å²) in [6.07, 6.45) is 1.62. The molecule has 2 fully saturated rings. The molecule has 4 amide bonds. The summed E-state index contributed by atoms with van der Waals surface area (Å²) < 4.78 is 12.4. The van der Waals surface area contributed by atoms with Crippen LogP contribution in [-0.4, -0.2) is 93.8 Å². The molecule has 1 atom stereocenters. The average molecular weight is 601 g/mol. The van der Waals surface area contributed by atoms with Crippen molar-refractivity contribution >= 4 is 17.8 Å². The van der Waals surface area contributed by atoms with Crippen LogP contribution < -0.4 is 25.8 Å². The maximum atomic E-state index is 13.1. The standard InChI is InChI=1S/C30H32N8O6/c1-36-13-9-19(10-14-36)38-25(34-35-29(38)42)23-6-7-24(44-3)22(31-23)8-11-30(27(40)32-28(41)33-30)12-15-37-17-18-4-5-20(43-2)16-21(18)26(37)39/h4-7,16,19H,9-10,12-15,17H2,1-3H3,(H,35,42)(H2,32,33,40,41)/t30-/m1/s1. The number of imide groups is 1. The van der Waals surface area contributed by atoms with E-state index in [1.165, 1.54) is 14.2 Å². The first-order valence-electron chi connectivity index (χ1n) is 14.2. The van der Waals surface area contributed by atoms with Crippen molar-refractivity contribution in [3.63, 3.8) is 0 Å². The van der Waals surface area contributed by atoms with Crippen molar-refractivity contribution < 1.29 is 23.9 Å². The number of methoxy groups -OCH3 is 2. The van der Waals surface area contributed by atoms with Crippen molar-refractivity contribution in [3.05, 3.63) is 57.6 Å². The van der Waals surface area contributed by atoms with Gasteiger partial charge in [-0.1, -0.05) is 12.0 Å². The molecule has 3 aliphatic rings. The van der Waals surface area contributed by atoms with Gasteiger partial charge in [0.1, 0.15) is 11.4 Å². The molecule has 5 heterocycles. The Bertz CT molecular complexity index is 1760. The fourth-order valence-corrected chi connectivity index (χ4v) is 5.84. The van der Waals surface area contributed by atoms with Gasteiger partial charge in [-0.3, -0.25) is 19.5 Å². The minimum absolute atomic E-state index is 0.0332. The molecule has 14 nitrogen and oxygen atoms in total. The van der Waals surface area contributed by atoms with Gasteiger partial charge in [0, 0.05) is 31.1 Å². The molecular weight excluding hydrogens is 568 g/mol. The number of likely N-dealkylation sites (tertiary alicyclic amines) is 1. The summed E-state index contributed by atoms with van der Waals surface area (Å²) >= 11 is 0. The van der Waals surface area contributed by atoms with E-state index in [4.69, 9.17) is 9.47 Å². The van der Waals surface area contributed by atoms with Gasteiger partial charge in [-0.2, -0.15) is 5.10 Å². The Morgan fingerprint density at radius 3 is 2.57 bits per heavy atom. The molecule has 0 bridgehead atoms. The summed E-state index contributed by atoms with van der Waals surface area (Å²) in [5.74, 6) is 6.30. The summed E-state index contributed by atoms with van der Waals surface area (Å²) in [7, 11) is 5.05. The number of amides is 4. The van der Waals surface area contributed by atoms with E-state index in [2.05, 4.69) is 42.6 Å². The zero-order chi connectivity index (χ0) is 31.0. The van der Waals surface area contributed by atoms with Gasteiger partial charge < -0.3 is 24.6 Å². The molecular formula is C30H32N8O6. The van der Waals surface area contributed by atoms with E-state index in [1.54, 1.807) is 33.7 Å². The van der Waals surface area contributed by atoms with Gasteiger partial charge in [-0.15, -0.1) is 0 Å². The van der Waals surface area contributed by atoms with Crippen LogP contribution in [0.1, 0.15) is 46.9 Å². The topological polar surface area (TPSA) is 164 Å². The largest absolute Gasteiger partial charge is 0.497 e. The third-order valence-electron chi connectivity index (χ3n) is 8.35. The number of nitrogens with one attached hydrogen (secondary N) is 3. The highest BCUT2D eigenvalue weighted by molar-refractivity contribution is 6.09. The normalized spacial score (nSPS) is 20.2. The SMILES string of the molecule is COc1ccc2c(c1)C(=O)N(CC[C@@]1(C#Cc3nc(-c4n[nH]c(=O)n4C4CCN(C)CC4)ccc3OC)NC(=O)NC1=O)C2. The quantitative estimate of drug-likeness (QED) is 0.264. The lowest BCUT2D eigenvalue weighted by Gasteiger charge is -2.29. The molecule has 6 rings (SSSR count). The summed E-state index contributed by atoms with van der Waals surface area (Å²) in [6.45, 7) is 2.22. The second-order valence-electron chi connectivity index (χ2n) is 11.1. The van der Waals surface area contributed by atoms with Crippen molar-refractivity contribution in [1.29, 1.82) is 0 Å². The zero-order valence-electron chi connectivity index (χ0n) is 24.6. The lowest BCUT2D eigenvalue weighted by Crippen LogP contribution is -2.48. The van der Waals surface area contributed by atoms with Crippen LogP contribution in [-0.2, 0) is 11.3 Å². The van der Waals surface area contributed by atoms with Gasteiger partial charge in [-0.05, 0) is 68.7 Å². The third kappa shape index (κ3) is 5.26. The Kier molecular flexibility index (Phi) is 7.56. The number of pyridine rings is 1. The van der Waals surface area contributed by atoms with Crippen molar-refractivity contribution in [3.8, 4) is 34.9 Å². The van der Waals surface area contributed by atoms with Crippen LogP contribution in [0, 0.1) is 11.8 Å². The Morgan fingerprint density at radius 1 is 1.07 bits per heavy atom. The Hall–Kier alpha value is -5.16. The van der Waals surface area contributed by atoms with Crippen LogP contribution in [0.15, 0.2) is 35.1 Å². The number of urea groups is 1. The molecule has 0 saturated carbocycles. The molecule has 0 aliphatic carbocycles. The first kappa shape index (κ1) is 28.9. The molecule has 14 heteroatoms. The number of fused-ring (bicyclic) bond motifs is 1. The molecule has 44 heavy (non-hydrogen) atoms. The third-order valence-corrected chi connectivity index (χ3v) is 8.35. The summed E-state index contributed by atoms with van der Waals surface area (Å²) in [5, 5.41) is 11.7. The highest BCUT2D eigenvalue weighted by Gasteiger charge is 2.46. The predicted molar refractivity (Wildman–Crippen MR) is 157 cm³/mol. The van der Waals surface area contributed by atoms with Crippen LogP contribution in [0.4, 0.5) is 4.79 Å². The van der Waals surface area contributed by atoms with Gasteiger partial charge in [0.15, 0.2) is 22.8 Å². The van der Waals surface area contributed by atoms with Gasteiger partial charge in [-0.25, -0.2) is 19.7 Å². The average Bonchev–Trinajstić information content (AvgIpc) is 3.66. The fourth-order valence-electron chi connectivity index (χ4n) is 5.84. The molecule has 0 unspecified atom stereocenters. The lowest BCUT2D eigenvalue weighted by atomic mass is 9.95. The predicted octanol–water partition coefficient (Wildman–Crippen LogP) is 0.893. The van der Waals surface area contributed by atoms with E-state index in [0.29, 0.717) is 35.1 Å². The van der Waals surface area contributed by atoms with Gasteiger partial charge in [0.2, 0.25) is 0 Å². The van der Waals surface area contributed by atoms with Gasteiger partial charge in [0.05, 0.1) is 14.2 Å². The number of benzene rings is 1. The van der Waals surface area contributed by atoms with E-state index >= 15 is 0 Å². The summed E-state index contributed by atoms with van der Waals surface area (Å²) in [6, 6.07) is 7.95. The van der Waals surface area contributed by atoms with Crippen molar-refractivity contribution in [2.75, 3.05) is 40.9 Å². The highest BCUT2D eigenvalue weighted by atomic mass is 16.5. The van der Waals surface area contributed by atoms with Crippen molar-refractivity contribution in [2.24, 2.45) is 0 Å². The van der Waals surface area contributed by atoms with Crippen molar-refractivity contribution in [2.45, 2.75) is 37.4 Å². The Morgan fingerprint density at radius 2 is 1.86 bits per heavy atom. The van der Waals surface area contributed by atoms with Crippen LogP contribution in [0.3, 0.4) is 0 Å². The first-order chi connectivity index (χ1) is 21.2. The smallest absolute Gasteiger partial charge is 0.343 e. The number of nitrogens with zero attached hydrogens (tertiary/aromatic N) is 5. The number of piperidine rings is 1. The molecule has 3 N–H and O–H groups in total. The van der Waals surface area contributed by atoms with Crippen LogP contribution in [0.2, 0.25) is 0 Å². The highest BCUT2D eigenvalue weighted by Crippen LogP contribution is 2.29. The Balaban J connectivity index is 1.29. The van der Waals surface area contributed by atoms with E-state index in [9.17, 15) is 19.2 Å². The number of carbonyl (C=O) groups is 3. The van der Waals surface area contributed by atoms with E-state index in [1.807, 2.05) is 13.1 Å². The number of rotatable bonds is 7. The minimum Gasteiger partial charge on any atom is -0.497 e. The monoisotopic (exact) mass is 600 g/mol. The van der Waals surface area contributed by atoms with Crippen LogP contribution in [0.5, 0.6) is 11.5 Å². The molecule has 228 valence electrons. The van der Waals surface area contributed by atoms with Crippen molar-refractivity contribution in [1.82, 2.24) is 40.2 Å². The van der Waals surface area contributed by atoms with Gasteiger partial charge >= 0.3 is 11.7 Å². The van der Waals surface area contributed by atoms with E-state index in [0.717, 1.165) is 31.5 Å². The van der Waals surface area contributed by atoms with Gasteiger partial charge in [0.25, 0.3) is 11.8 Å². The molecule has 3 aromatic rings. The number of ether oxygens (including phenoxy) is 2. The maximum absolute atomic E-state index is 13.1. The zero-order valence-corrected chi connectivity index (χ0v) is 24.6. The molecule has 0 spiro atoms. The maximum Gasteiger partial charge on any atom is 0.343 e. The molecule has 0 radical (unpaired) electrons. The van der Waals surface area contributed by atoms with Crippen LogP contribution >= 0.6 is 0 Å². The first-order valence-corrected chi connectivity index (χ1v) is 14.2. The lowest BCUT2D eigenvalue weighted by molar-refractivity contribution is -0.122. The molecule has 3 aliphatic heterocycles. The second-order valence-corrected chi connectivity index (χ2v) is 11.1. The number of aromatic amines is 1. The number of hydrogen-bond acceptors (Lipinski definition) is 9. The number of H-pyrrole nitrogens is 1. The Labute approximate surface area is 252 Å². The minimum atomic E-state index is -1.62. The fraction of sp³-hybridized carbons (Fsp3) is 0.400. The number of hydrogen-bond donors (Lipinski definition) is 3. The second kappa shape index (κ2) is 11.5. The number of aromatic nitrogens is 4. The summed E-state index contributed by atoms with van der Waals surface area (Å²) in [5.41, 5.74) is 0.0411. The summed E-state index contributed by atoms with van der Waals surface area (Å²) in [4.78, 5) is 59.7. The molecule has 1 aromatic carbocycles.